The zero-order chi connectivity index (χ0) is 21.1. The lowest BCUT2D eigenvalue weighted by Gasteiger charge is -2.21. The molecule has 0 saturated carbocycles. The molecule has 0 aliphatic carbocycles. The largest absolute Gasteiger partial charge is 0.493 e. The Kier molecular flexibility index (Phi) is 5.86. The van der Waals surface area contributed by atoms with E-state index < -0.39 is 0 Å². The molecule has 0 spiro atoms. The number of amides is 1. The van der Waals surface area contributed by atoms with Gasteiger partial charge in [0.2, 0.25) is 5.95 Å². The van der Waals surface area contributed by atoms with Gasteiger partial charge >= 0.3 is 0 Å². The highest BCUT2D eigenvalue weighted by atomic mass is 35.5. The Morgan fingerprint density at radius 2 is 2.03 bits per heavy atom. The normalized spacial score (nSPS) is 13.3. The maximum Gasteiger partial charge on any atom is 0.259 e. The van der Waals surface area contributed by atoms with E-state index in [0.29, 0.717) is 35.5 Å². The number of nitrogens with one attached hydrogen (secondary N) is 1. The van der Waals surface area contributed by atoms with Crippen molar-refractivity contribution in [3.63, 3.8) is 0 Å². The molecule has 0 radical (unpaired) electrons. The van der Waals surface area contributed by atoms with Crippen molar-refractivity contribution in [1.29, 1.82) is 0 Å². The van der Waals surface area contributed by atoms with E-state index in [-0.39, 0.29) is 11.9 Å². The van der Waals surface area contributed by atoms with E-state index in [4.69, 9.17) is 16.3 Å². The second-order valence-electron chi connectivity index (χ2n) is 7.13. The summed E-state index contributed by atoms with van der Waals surface area (Å²) in [4.78, 5) is 23.7. The summed E-state index contributed by atoms with van der Waals surface area (Å²) >= 11 is 5.97. The van der Waals surface area contributed by atoms with Crippen LogP contribution in [0, 0.1) is 0 Å². The first-order valence-corrected chi connectivity index (χ1v) is 10.4. The standard InChI is InChI=1S/C23H23ClN4O2/c1-3-28(22(29)18-6-9-20-17(14-18)11-13-30-20)21-10-12-25-23(27-21)26-15(2)16-4-7-19(24)8-5-16/h4-10,12,14-15H,3,11,13H2,1-2H3,(H,25,26,27). The number of anilines is 2. The van der Waals surface area contributed by atoms with Crippen molar-refractivity contribution in [2.75, 3.05) is 23.4 Å². The summed E-state index contributed by atoms with van der Waals surface area (Å²) in [6, 6.07) is 14.9. The van der Waals surface area contributed by atoms with E-state index in [1.807, 2.05) is 50.2 Å². The second-order valence-corrected chi connectivity index (χ2v) is 7.56. The van der Waals surface area contributed by atoms with E-state index >= 15 is 0 Å². The molecule has 1 atom stereocenters. The fraction of sp³-hybridized carbons (Fsp3) is 0.261. The average molecular weight is 423 g/mol. The van der Waals surface area contributed by atoms with Crippen LogP contribution in [0.25, 0.3) is 0 Å². The van der Waals surface area contributed by atoms with Crippen molar-refractivity contribution in [1.82, 2.24) is 9.97 Å². The highest BCUT2D eigenvalue weighted by molar-refractivity contribution is 6.30. The molecule has 4 rings (SSSR count). The monoisotopic (exact) mass is 422 g/mol. The van der Waals surface area contributed by atoms with Gasteiger partial charge < -0.3 is 10.1 Å². The van der Waals surface area contributed by atoms with Gasteiger partial charge in [0, 0.05) is 29.7 Å². The number of rotatable bonds is 6. The predicted molar refractivity (Wildman–Crippen MR) is 119 cm³/mol. The Bertz CT molecular complexity index is 1060. The van der Waals surface area contributed by atoms with Gasteiger partial charge in [-0.3, -0.25) is 9.69 Å². The van der Waals surface area contributed by atoms with Crippen molar-refractivity contribution < 1.29 is 9.53 Å². The third-order valence-corrected chi connectivity index (χ3v) is 5.38. The minimum absolute atomic E-state index is 0.0139. The molecule has 1 aromatic heterocycles. The first-order valence-electron chi connectivity index (χ1n) is 9.98. The number of carbonyl (C=O) groups excluding carboxylic acids is 1. The maximum atomic E-state index is 13.2. The summed E-state index contributed by atoms with van der Waals surface area (Å²) in [5, 5.41) is 3.98. The molecular weight excluding hydrogens is 400 g/mol. The summed E-state index contributed by atoms with van der Waals surface area (Å²) in [6.07, 6.45) is 2.48. The molecule has 7 heteroatoms. The molecule has 0 fully saturated rings. The minimum Gasteiger partial charge on any atom is -0.493 e. The van der Waals surface area contributed by atoms with Crippen LogP contribution >= 0.6 is 11.6 Å². The SMILES string of the molecule is CCN(C(=O)c1ccc2c(c1)CCO2)c1ccnc(NC(C)c2ccc(Cl)cc2)n1. The average Bonchev–Trinajstić information content (AvgIpc) is 3.23. The first kappa shape index (κ1) is 20.2. The number of fused-ring (bicyclic) bond motifs is 1. The predicted octanol–water partition coefficient (Wildman–Crippen LogP) is 4.90. The molecule has 30 heavy (non-hydrogen) atoms. The van der Waals surface area contributed by atoms with Crippen LogP contribution in [0.3, 0.4) is 0 Å². The molecule has 1 N–H and O–H groups in total. The zero-order valence-corrected chi connectivity index (χ0v) is 17.7. The molecule has 1 unspecified atom stereocenters. The quantitative estimate of drug-likeness (QED) is 0.611. The van der Waals surface area contributed by atoms with Crippen LogP contribution in [-0.2, 0) is 6.42 Å². The lowest BCUT2D eigenvalue weighted by molar-refractivity contribution is 0.0987. The Morgan fingerprint density at radius 1 is 1.23 bits per heavy atom. The number of ether oxygens (including phenoxy) is 1. The summed E-state index contributed by atoms with van der Waals surface area (Å²) in [6.45, 7) is 5.11. The number of aromatic nitrogens is 2. The first-order chi connectivity index (χ1) is 14.5. The van der Waals surface area contributed by atoms with Gasteiger partial charge in [-0.05, 0) is 61.4 Å². The van der Waals surface area contributed by atoms with Gasteiger partial charge in [-0.25, -0.2) is 4.98 Å². The summed E-state index contributed by atoms with van der Waals surface area (Å²) in [7, 11) is 0. The van der Waals surface area contributed by atoms with Crippen LogP contribution in [0.1, 0.15) is 41.4 Å². The van der Waals surface area contributed by atoms with Crippen LogP contribution in [-0.4, -0.2) is 29.0 Å². The number of nitrogens with zero attached hydrogens (tertiary/aromatic N) is 3. The van der Waals surface area contributed by atoms with Crippen molar-refractivity contribution in [3.05, 3.63) is 76.4 Å². The molecule has 2 aromatic carbocycles. The van der Waals surface area contributed by atoms with Gasteiger partial charge in [-0.15, -0.1) is 0 Å². The molecule has 0 saturated heterocycles. The Labute approximate surface area is 180 Å². The zero-order valence-electron chi connectivity index (χ0n) is 16.9. The van der Waals surface area contributed by atoms with Crippen LogP contribution in [0.2, 0.25) is 5.02 Å². The Balaban J connectivity index is 1.53. The number of halogens is 1. The molecule has 154 valence electrons. The van der Waals surface area contributed by atoms with Gasteiger partial charge in [0.25, 0.3) is 5.91 Å². The fourth-order valence-electron chi connectivity index (χ4n) is 3.48. The molecule has 1 aliphatic heterocycles. The number of hydrogen-bond donors (Lipinski definition) is 1. The topological polar surface area (TPSA) is 67.4 Å². The van der Waals surface area contributed by atoms with Crippen molar-refractivity contribution in [3.8, 4) is 5.75 Å². The molecule has 2 heterocycles. The number of carbonyl (C=O) groups is 1. The van der Waals surface area contributed by atoms with E-state index in [1.54, 1.807) is 23.2 Å². The van der Waals surface area contributed by atoms with Gasteiger partial charge in [-0.2, -0.15) is 4.98 Å². The maximum absolute atomic E-state index is 13.2. The minimum atomic E-state index is -0.0948. The molecule has 1 aliphatic rings. The third kappa shape index (κ3) is 4.24. The molecule has 1 amide bonds. The van der Waals surface area contributed by atoms with Crippen molar-refractivity contribution >= 4 is 29.3 Å². The molecule has 0 bridgehead atoms. The highest BCUT2D eigenvalue weighted by Crippen LogP contribution is 2.27. The lowest BCUT2D eigenvalue weighted by atomic mass is 10.1. The van der Waals surface area contributed by atoms with Gasteiger partial charge in [0.05, 0.1) is 12.6 Å². The number of hydrogen-bond acceptors (Lipinski definition) is 5. The van der Waals surface area contributed by atoms with E-state index in [1.165, 1.54) is 0 Å². The van der Waals surface area contributed by atoms with Crippen LogP contribution < -0.4 is 15.0 Å². The van der Waals surface area contributed by atoms with Crippen molar-refractivity contribution in [2.24, 2.45) is 0 Å². The smallest absolute Gasteiger partial charge is 0.259 e. The Morgan fingerprint density at radius 3 is 2.80 bits per heavy atom. The van der Waals surface area contributed by atoms with E-state index in [0.717, 1.165) is 23.3 Å². The van der Waals surface area contributed by atoms with Gasteiger partial charge in [0.15, 0.2) is 0 Å². The molecular formula is C23H23ClN4O2. The van der Waals surface area contributed by atoms with Gasteiger partial charge in [-0.1, -0.05) is 23.7 Å². The van der Waals surface area contributed by atoms with Crippen LogP contribution in [0.4, 0.5) is 11.8 Å². The molecule has 6 nitrogen and oxygen atoms in total. The summed E-state index contributed by atoms with van der Waals surface area (Å²) in [5.41, 5.74) is 2.76. The lowest BCUT2D eigenvalue weighted by Crippen LogP contribution is -2.31. The van der Waals surface area contributed by atoms with Gasteiger partial charge in [0.1, 0.15) is 11.6 Å². The third-order valence-electron chi connectivity index (χ3n) is 5.13. The highest BCUT2D eigenvalue weighted by Gasteiger charge is 2.21. The second kappa shape index (κ2) is 8.71. The fourth-order valence-corrected chi connectivity index (χ4v) is 3.61. The van der Waals surface area contributed by atoms with E-state index in [9.17, 15) is 4.79 Å². The van der Waals surface area contributed by atoms with Crippen LogP contribution in [0.15, 0.2) is 54.7 Å². The summed E-state index contributed by atoms with van der Waals surface area (Å²) < 4.78 is 5.54. The molecule has 3 aromatic rings. The number of benzene rings is 2. The van der Waals surface area contributed by atoms with Crippen LogP contribution in [0.5, 0.6) is 5.75 Å². The summed E-state index contributed by atoms with van der Waals surface area (Å²) in [5.74, 6) is 1.78. The van der Waals surface area contributed by atoms with Crippen molar-refractivity contribution in [2.45, 2.75) is 26.3 Å². The van der Waals surface area contributed by atoms with E-state index in [2.05, 4.69) is 15.3 Å². The Hall–Kier alpha value is -3.12.